The average molecular weight is 155 g/mol. The molecule has 0 spiro atoms. The number of halogens is 3. The van der Waals surface area contributed by atoms with E-state index < -0.39 is 13.5 Å². The summed E-state index contributed by atoms with van der Waals surface area (Å²) < 4.78 is 38.6. The molecular weight excluding hydrogens is 144 g/mol. The van der Waals surface area contributed by atoms with Crippen molar-refractivity contribution >= 4 is 6.98 Å². The minimum Gasteiger partial charge on any atom is -0.447 e. The van der Waals surface area contributed by atoms with Gasteiger partial charge in [0.25, 0.3) is 0 Å². The molecule has 0 aromatic rings. The first-order valence-electron chi connectivity index (χ1n) is 3.35. The van der Waals surface area contributed by atoms with E-state index in [2.05, 4.69) is 4.74 Å². The summed E-state index contributed by atoms with van der Waals surface area (Å²) in [4.78, 5) is 0. The molecule has 0 rings (SSSR count). The molecule has 0 heterocycles. The van der Waals surface area contributed by atoms with Crippen LogP contribution in [0.4, 0.5) is 12.9 Å². The molecule has 0 bridgehead atoms. The molecule has 0 radical (unpaired) electrons. The van der Waals surface area contributed by atoms with Gasteiger partial charge in [-0.05, 0) is 6.42 Å². The van der Waals surface area contributed by atoms with E-state index in [1.807, 2.05) is 6.92 Å². The van der Waals surface area contributed by atoms with Crippen molar-refractivity contribution in [1.82, 2.24) is 0 Å². The predicted molar refractivity (Wildman–Crippen MR) is 34.8 cm³/mol. The molecule has 0 saturated heterocycles. The fourth-order valence-corrected chi connectivity index (χ4v) is 0.463. The fourth-order valence-electron chi connectivity index (χ4n) is 0.463. The molecule has 0 aliphatic heterocycles. The van der Waals surface area contributed by atoms with Crippen LogP contribution in [0.25, 0.3) is 0 Å². The summed E-state index contributed by atoms with van der Waals surface area (Å²) in [7, 11) is 0. The lowest BCUT2D eigenvalue weighted by atomic mass is 9.95. The van der Waals surface area contributed by atoms with Crippen molar-refractivity contribution < 1.29 is 17.7 Å². The maximum atomic E-state index is 11.4. The summed E-state index contributed by atoms with van der Waals surface area (Å²) in [6.45, 7) is -3.67. The van der Waals surface area contributed by atoms with E-state index in [-0.39, 0.29) is 6.61 Å². The summed E-state index contributed by atoms with van der Waals surface area (Å²) in [6.07, 6.45) is 1.57. The minimum absolute atomic E-state index is 0.220. The zero-order chi connectivity index (χ0) is 8.04. The molecule has 0 N–H and O–H groups in total. The summed E-state index contributed by atoms with van der Waals surface area (Å²) in [5.41, 5.74) is 0. The van der Waals surface area contributed by atoms with Crippen molar-refractivity contribution in [3.8, 4) is 0 Å². The Labute approximate surface area is 58.6 Å². The van der Waals surface area contributed by atoms with Crippen LogP contribution in [0.5, 0.6) is 0 Å². The highest BCUT2D eigenvalue weighted by Gasteiger charge is 2.22. The van der Waals surface area contributed by atoms with E-state index in [9.17, 15) is 12.9 Å². The summed E-state index contributed by atoms with van der Waals surface area (Å²) in [6, 6.07) is 0. The number of ether oxygens (including phenoxy) is 1. The van der Waals surface area contributed by atoms with Crippen LogP contribution in [0.1, 0.15) is 19.8 Å². The molecule has 0 unspecified atom stereocenters. The van der Waals surface area contributed by atoms with Crippen molar-refractivity contribution in [2.75, 3.05) is 13.1 Å². The Balaban J connectivity index is 3.04. The van der Waals surface area contributed by atoms with Crippen molar-refractivity contribution in [1.29, 1.82) is 0 Å². The van der Waals surface area contributed by atoms with Crippen LogP contribution in [0, 0.1) is 0 Å². The van der Waals surface area contributed by atoms with Crippen LogP contribution in [0.15, 0.2) is 0 Å². The van der Waals surface area contributed by atoms with E-state index in [1.54, 1.807) is 0 Å². The lowest BCUT2D eigenvalue weighted by Gasteiger charge is -2.13. The monoisotopic (exact) mass is 155 g/mol. The highest BCUT2D eigenvalue weighted by Crippen LogP contribution is 2.07. The second kappa shape index (κ2) is 4.60. The van der Waals surface area contributed by atoms with Gasteiger partial charge in [-0.2, -0.15) is 0 Å². The van der Waals surface area contributed by atoms with Gasteiger partial charge in [-0.25, -0.2) is 0 Å². The fraction of sp³-hybridized carbons (Fsp3) is 1.00. The topological polar surface area (TPSA) is 9.23 Å². The van der Waals surface area contributed by atoms with Crippen molar-refractivity contribution in [2.24, 2.45) is 0 Å². The van der Waals surface area contributed by atoms with Gasteiger partial charge in [-0.3, -0.25) is 0 Å². The average Bonchev–Trinajstić information content (AvgIpc) is 1.78. The van der Waals surface area contributed by atoms with Gasteiger partial charge in [0.2, 0.25) is 0 Å². The smallest absolute Gasteiger partial charge is 0.447 e. The zero-order valence-electron chi connectivity index (χ0n) is 5.95. The van der Waals surface area contributed by atoms with Crippen molar-refractivity contribution in [2.45, 2.75) is 19.8 Å². The van der Waals surface area contributed by atoms with Gasteiger partial charge in [0.1, 0.15) is 0 Å². The Bertz CT molecular complexity index is 83.5. The Morgan fingerprint density at radius 2 is 1.90 bits per heavy atom. The first kappa shape index (κ1) is 9.81. The van der Waals surface area contributed by atoms with Gasteiger partial charge in [0, 0.05) is 13.1 Å². The van der Waals surface area contributed by atoms with Gasteiger partial charge in [0.15, 0.2) is 0 Å². The Kier molecular flexibility index (Phi) is 4.52. The second-order valence-corrected chi connectivity index (χ2v) is 2.14. The van der Waals surface area contributed by atoms with Crippen LogP contribution in [0.3, 0.4) is 0 Å². The summed E-state index contributed by atoms with van der Waals surface area (Å²) >= 11 is 0. The number of unbranched alkanes of at least 4 members (excludes halogenated alkanes) is 1. The number of hydrogen-bond acceptors (Lipinski definition) is 1. The van der Waals surface area contributed by atoms with Gasteiger partial charge in [-0.15, -0.1) is 0 Å². The molecule has 10 heavy (non-hydrogen) atoms. The molecule has 5 heteroatoms. The molecule has 0 aliphatic rings. The molecule has 0 amide bonds. The van der Waals surface area contributed by atoms with Crippen molar-refractivity contribution in [3.05, 3.63) is 0 Å². The highest BCUT2D eigenvalue weighted by molar-refractivity contribution is 6.58. The third-order valence-electron chi connectivity index (χ3n) is 0.949. The van der Waals surface area contributed by atoms with Crippen LogP contribution in [0.2, 0.25) is 0 Å². The standard InChI is InChI=1S/C5H11BF3O/c1-2-3-4-10-5-6(7,8)9/h2-5H2,1H3/q-1. The SMILES string of the molecule is CCCCOC[B-](F)(F)F. The predicted octanol–water partition coefficient (Wildman–Crippen LogP) is 2.19. The van der Waals surface area contributed by atoms with Crippen LogP contribution >= 0.6 is 0 Å². The maximum absolute atomic E-state index is 11.4. The maximum Gasteiger partial charge on any atom is 0.503 e. The molecule has 0 aliphatic carbocycles. The lowest BCUT2D eigenvalue weighted by molar-refractivity contribution is 0.147. The normalized spacial score (nSPS) is 12.0. The first-order valence-corrected chi connectivity index (χ1v) is 3.35. The molecule has 1 nitrogen and oxygen atoms in total. The largest absolute Gasteiger partial charge is 0.503 e. The molecule has 0 aromatic heterocycles. The van der Waals surface area contributed by atoms with Crippen LogP contribution < -0.4 is 0 Å². The quantitative estimate of drug-likeness (QED) is 0.436. The van der Waals surface area contributed by atoms with Gasteiger partial charge >= 0.3 is 6.98 Å². The molecular formula is C5H11BF3O-. The number of hydrogen-bond donors (Lipinski definition) is 0. The Hall–Kier alpha value is -0.185. The Morgan fingerprint density at radius 1 is 1.30 bits per heavy atom. The third kappa shape index (κ3) is 7.81. The van der Waals surface area contributed by atoms with E-state index in [0.717, 1.165) is 6.42 Å². The number of rotatable bonds is 5. The Morgan fingerprint density at radius 3 is 2.30 bits per heavy atom. The molecule has 0 fully saturated rings. The molecule has 62 valence electrons. The summed E-state index contributed by atoms with van der Waals surface area (Å²) in [5.74, 6) is 0. The first-order chi connectivity index (χ1) is 4.56. The van der Waals surface area contributed by atoms with Crippen LogP contribution in [-0.4, -0.2) is 20.1 Å². The molecule has 0 atom stereocenters. The van der Waals surface area contributed by atoms with Gasteiger partial charge in [-0.1, -0.05) is 13.3 Å². The van der Waals surface area contributed by atoms with E-state index >= 15 is 0 Å². The lowest BCUT2D eigenvalue weighted by Crippen LogP contribution is -2.24. The zero-order valence-corrected chi connectivity index (χ0v) is 5.95. The third-order valence-corrected chi connectivity index (χ3v) is 0.949. The van der Waals surface area contributed by atoms with Gasteiger partial charge < -0.3 is 17.7 Å². The van der Waals surface area contributed by atoms with Crippen LogP contribution in [-0.2, 0) is 4.74 Å². The van der Waals surface area contributed by atoms with Crippen molar-refractivity contribution in [3.63, 3.8) is 0 Å². The van der Waals surface area contributed by atoms with Gasteiger partial charge in [0.05, 0.1) is 0 Å². The minimum atomic E-state index is -4.74. The second-order valence-electron chi connectivity index (χ2n) is 2.14. The van der Waals surface area contributed by atoms with E-state index in [0.29, 0.717) is 6.42 Å². The van der Waals surface area contributed by atoms with E-state index in [1.165, 1.54) is 0 Å². The van der Waals surface area contributed by atoms with E-state index in [4.69, 9.17) is 0 Å². The highest BCUT2D eigenvalue weighted by atomic mass is 19.4. The molecule has 0 aromatic carbocycles. The molecule has 0 saturated carbocycles. The summed E-state index contributed by atoms with van der Waals surface area (Å²) in [5, 5.41) is 0.